The maximum atomic E-state index is 12.1. The number of carboxylic acids is 1. The van der Waals surface area contributed by atoms with E-state index >= 15 is 0 Å². The van der Waals surface area contributed by atoms with E-state index in [1.807, 2.05) is 18.7 Å². The summed E-state index contributed by atoms with van der Waals surface area (Å²) in [5.74, 6) is -0.431. The Kier molecular flexibility index (Phi) is 3.42. The van der Waals surface area contributed by atoms with Crippen LogP contribution in [0.1, 0.15) is 50.0 Å². The third-order valence-corrected chi connectivity index (χ3v) is 5.59. The highest BCUT2D eigenvalue weighted by molar-refractivity contribution is 5.93. The number of anilines is 2. The lowest BCUT2D eigenvalue weighted by molar-refractivity contribution is 0.0690. The number of ether oxygens (including phenoxy) is 1. The topological polar surface area (TPSA) is 95.9 Å². The first-order chi connectivity index (χ1) is 11.8. The summed E-state index contributed by atoms with van der Waals surface area (Å²) in [6.45, 7) is 5.55. The van der Waals surface area contributed by atoms with Crippen LogP contribution in [0.3, 0.4) is 0 Å². The van der Waals surface area contributed by atoms with Gasteiger partial charge in [-0.25, -0.2) is 19.6 Å². The van der Waals surface area contributed by atoms with Gasteiger partial charge >= 0.3 is 12.1 Å². The molecule has 1 aliphatic carbocycles. The zero-order chi connectivity index (χ0) is 17.8. The minimum atomic E-state index is -1.11. The van der Waals surface area contributed by atoms with Gasteiger partial charge in [-0.05, 0) is 44.9 Å². The molecule has 0 aromatic carbocycles. The second-order valence-corrected chi connectivity index (χ2v) is 7.90. The van der Waals surface area contributed by atoms with Crippen LogP contribution in [-0.4, -0.2) is 52.4 Å². The number of piperidine rings is 1. The highest BCUT2D eigenvalue weighted by atomic mass is 16.6. The SMILES string of the molecule is CC1(C)COC(=O)N1c1cnc(C(=O)O)c(N2CCC3(CC2)CC3)n1. The van der Waals surface area contributed by atoms with Crippen molar-refractivity contribution >= 4 is 23.7 Å². The van der Waals surface area contributed by atoms with Gasteiger partial charge < -0.3 is 14.7 Å². The van der Waals surface area contributed by atoms with Crippen LogP contribution in [0, 0.1) is 5.41 Å². The van der Waals surface area contributed by atoms with Gasteiger partial charge in [0.15, 0.2) is 17.3 Å². The Bertz CT molecular complexity index is 734. The Morgan fingerprint density at radius 3 is 2.44 bits per heavy atom. The normalized spacial score (nSPS) is 23.7. The van der Waals surface area contributed by atoms with E-state index in [0.717, 1.165) is 25.9 Å². The van der Waals surface area contributed by atoms with Crippen LogP contribution in [-0.2, 0) is 4.74 Å². The Morgan fingerprint density at radius 2 is 1.92 bits per heavy atom. The fourth-order valence-corrected chi connectivity index (χ4v) is 3.74. The number of cyclic esters (lactones) is 1. The first-order valence-corrected chi connectivity index (χ1v) is 8.64. The average Bonchev–Trinajstić information content (AvgIpc) is 3.26. The summed E-state index contributed by atoms with van der Waals surface area (Å²) in [5.41, 5.74) is -0.139. The Hall–Kier alpha value is -2.38. The lowest BCUT2D eigenvalue weighted by Gasteiger charge is -2.34. The van der Waals surface area contributed by atoms with Crippen molar-refractivity contribution in [2.24, 2.45) is 5.41 Å². The number of carbonyl (C=O) groups excluding carboxylic acids is 1. The van der Waals surface area contributed by atoms with Crippen molar-refractivity contribution in [2.75, 3.05) is 29.5 Å². The van der Waals surface area contributed by atoms with Gasteiger partial charge in [0, 0.05) is 13.1 Å². The molecule has 134 valence electrons. The smallest absolute Gasteiger partial charge is 0.416 e. The van der Waals surface area contributed by atoms with Gasteiger partial charge in [-0.1, -0.05) is 0 Å². The molecule has 1 aromatic rings. The van der Waals surface area contributed by atoms with E-state index in [1.165, 1.54) is 23.9 Å². The number of amides is 1. The molecule has 25 heavy (non-hydrogen) atoms. The van der Waals surface area contributed by atoms with E-state index < -0.39 is 17.6 Å². The second-order valence-electron chi connectivity index (χ2n) is 7.90. The van der Waals surface area contributed by atoms with Gasteiger partial charge in [-0.15, -0.1) is 0 Å². The Labute approximate surface area is 145 Å². The van der Waals surface area contributed by atoms with E-state index in [2.05, 4.69) is 9.97 Å². The van der Waals surface area contributed by atoms with Crippen LogP contribution in [0.15, 0.2) is 6.20 Å². The van der Waals surface area contributed by atoms with E-state index in [9.17, 15) is 14.7 Å². The summed E-state index contributed by atoms with van der Waals surface area (Å²) >= 11 is 0. The standard InChI is InChI=1S/C17H22N4O4/c1-16(2)10-25-15(24)21(16)11-9-18-12(14(22)23)13(19-11)20-7-5-17(3-4-17)6-8-20/h9H,3-8,10H2,1-2H3,(H,22,23). The molecule has 3 heterocycles. The molecule has 1 N–H and O–H groups in total. The zero-order valence-electron chi connectivity index (χ0n) is 14.5. The molecule has 1 spiro atoms. The monoisotopic (exact) mass is 346 g/mol. The molecule has 0 atom stereocenters. The molecular formula is C17H22N4O4. The predicted octanol–water partition coefficient (Wildman–Crippen LogP) is 2.29. The first-order valence-electron chi connectivity index (χ1n) is 8.64. The number of aromatic nitrogens is 2. The molecule has 8 heteroatoms. The summed E-state index contributed by atoms with van der Waals surface area (Å²) in [5, 5.41) is 9.49. The summed E-state index contributed by atoms with van der Waals surface area (Å²) in [7, 11) is 0. The van der Waals surface area contributed by atoms with Crippen molar-refractivity contribution in [3.8, 4) is 0 Å². The average molecular weight is 346 g/mol. The maximum Gasteiger partial charge on any atom is 0.416 e. The van der Waals surface area contributed by atoms with Gasteiger partial charge in [0.2, 0.25) is 0 Å². The van der Waals surface area contributed by atoms with Crippen LogP contribution in [0.5, 0.6) is 0 Å². The minimum absolute atomic E-state index is 0.0686. The molecule has 1 amide bonds. The van der Waals surface area contributed by atoms with Crippen molar-refractivity contribution in [3.63, 3.8) is 0 Å². The molecule has 3 aliphatic rings. The number of hydrogen-bond donors (Lipinski definition) is 1. The van der Waals surface area contributed by atoms with Gasteiger partial charge in [0.25, 0.3) is 0 Å². The minimum Gasteiger partial charge on any atom is -0.476 e. The van der Waals surface area contributed by atoms with Gasteiger partial charge in [-0.3, -0.25) is 4.90 Å². The molecule has 0 unspecified atom stereocenters. The highest BCUT2D eigenvalue weighted by Crippen LogP contribution is 2.54. The van der Waals surface area contributed by atoms with Crippen molar-refractivity contribution in [1.82, 2.24) is 9.97 Å². The van der Waals surface area contributed by atoms with E-state index in [1.54, 1.807) is 0 Å². The van der Waals surface area contributed by atoms with Crippen LogP contribution in [0.4, 0.5) is 16.4 Å². The lowest BCUT2D eigenvalue weighted by atomic mass is 9.94. The highest BCUT2D eigenvalue weighted by Gasteiger charge is 2.46. The lowest BCUT2D eigenvalue weighted by Crippen LogP contribution is -2.43. The van der Waals surface area contributed by atoms with Crippen molar-refractivity contribution in [1.29, 1.82) is 0 Å². The molecule has 4 rings (SSSR count). The van der Waals surface area contributed by atoms with Crippen molar-refractivity contribution in [3.05, 3.63) is 11.9 Å². The second kappa shape index (κ2) is 5.31. The number of aromatic carboxylic acids is 1. The third kappa shape index (κ3) is 2.69. The Balaban J connectivity index is 1.69. The molecule has 3 fully saturated rings. The van der Waals surface area contributed by atoms with Crippen LogP contribution in [0.2, 0.25) is 0 Å². The largest absolute Gasteiger partial charge is 0.476 e. The fraction of sp³-hybridized carbons (Fsp3) is 0.647. The summed E-state index contributed by atoms with van der Waals surface area (Å²) in [4.78, 5) is 35.7. The number of hydrogen-bond acceptors (Lipinski definition) is 6. The number of carboxylic acid groups (broad SMARTS) is 1. The molecule has 1 saturated carbocycles. The van der Waals surface area contributed by atoms with Gasteiger partial charge in [-0.2, -0.15) is 0 Å². The molecule has 1 aromatic heterocycles. The summed E-state index contributed by atoms with van der Waals surface area (Å²) < 4.78 is 5.12. The van der Waals surface area contributed by atoms with E-state index in [0.29, 0.717) is 17.1 Å². The number of rotatable bonds is 3. The van der Waals surface area contributed by atoms with Gasteiger partial charge in [0.1, 0.15) is 6.61 Å². The van der Waals surface area contributed by atoms with E-state index in [-0.39, 0.29) is 12.3 Å². The first kappa shape index (κ1) is 16.1. The number of carbonyl (C=O) groups is 2. The third-order valence-electron chi connectivity index (χ3n) is 5.59. The molecule has 2 saturated heterocycles. The maximum absolute atomic E-state index is 12.1. The van der Waals surface area contributed by atoms with Crippen molar-refractivity contribution in [2.45, 2.75) is 45.1 Å². The van der Waals surface area contributed by atoms with E-state index in [4.69, 9.17) is 4.74 Å². The van der Waals surface area contributed by atoms with Crippen LogP contribution >= 0.6 is 0 Å². The molecule has 8 nitrogen and oxygen atoms in total. The van der Waals surface area contributed by atoms with Crippen molar-refractivity contribution < 1.29 is 19.4 Å². The molecule has 2 aliphatic heterocycles. The summed E-state index contributed by atoms with van der Waals surface area (Å²) in [6, 6.07) is 0. The molecule has 0 bridgehead atoms. The van der Waals surface area contributed by atoms with Crippen LogP contribution < -0.4 is 9.80 Å². The fourth-order valence-electron chi connectivity index (χ4n) is 3.74. The summed E-state index contributed by atoms with van der Waals surface area (Å²) in [6.07, 6.45) is 5.50. The Morgan fingerprint density at radius 1 is 1.24 bits per heavy atom. The predicted molar refractivity (Wildman–Crippen MR) is 90.0 cm³/mol. The molecular weight excluding hydrogens is 324 g/mol. The number of nitrogens with zero attached hydrogens (tertiary/aromatic N) is 4. The zero-order valence-corrected chi connectivity index (χ0v) is 14.5. The van der Waals surface area contributed by atoms with Gasteiger partial charge in [0.05, 0.1) is 11.7 Å². The van der Waals surface area contributed by atoms with Crippen LogP contribution in [0.25, 0.3) is 0 Å². The molecule has 0 radical (unpaired) electrons. The quantitative estimate of drug-likeness (QED) is 0.897.